The maximum absolute atomic E-state index is 13.4. The van der Waals surface area contributed by atoms with Gasteiger partial charge in [0.25, 0.3) is 5.91 Å². The van der Waals surface area contributed by atoms with Gasteiger partial charge in [0.05, 0.1) is 17.9 Å². The summed E-state index contributed by atoms with van der Waals surface area (Å²) in [7, 11) is 0. The molecule has 8 nitrogen and oxygen atoms in total. The Kier molecular flexibility index (Phi) is 6.14. The maximum Gasteiger partial charge on any atom is 0.253 e. The molecule has 34 heavy (non-hydrogen) atoms. The van der Waals surface area contributed by atoms with E-state index in [1.807, 2.05) is 54.6 Å². The molecule has 1 aliphatic rings. The topological polar surface area (TPSA) is 115 Å². The molecule has 0 aliphatic heterocycles. The van der Waals surface area contributed by atoms with Gasteiger partial charge in [0, 0.05) is 18.0 Å². The van der Waals surface area contributed by atoms with Crippen LogP contribution in [0.5, 0.6) is 11.5 Å². The second-order valence-electron chi connectivity index (χ2n) is 8.44. The number of nitrogens with one attached hydrogen (secondary N) is 1. The van der Waals surface area contributed by atoms with Crippen LogP contribution in [0.4, 0.5) is 5.82 Å². The number of aromatic nitrogens is 3. The van der Waals surface area contributed by atoms with Gasteiger partial charge in [-0.15, -0.1) is 0 Å². The number of nitrogens with zero attached hydrogens (tertiary/aromatic N) is 3. The van der Waals surface area contributed by atoms with Crippen LogP contribution in [0.1, 0.15) is 47.7 Å². The maximum atomic E-state index is 13.4. The quantitative estimate of drug-likeness (QED) is 0.384. The fraction of sp³-hybridized carbons (Fsp3) is 0.269. The number of benzene rings is 2. The van der Waals surface area contributed by atoms with Crippen molar-refractivity contribution in [2.45, 2.75) is 31.6 Å². The SMILES string of the molecule is Nc1ncnn2c(C3CCCC3)c(C(=O)NCCO)c(-c3ccc(Oc4ccccc4)cc3)c12. The number of anilines is 1. The van der Waals surface area contributed by atoms with Crippen LogP contribution < -0.4 is 15.8 Å². The first-order chi connectivity index (χ1) is 16.7. The van der Waals surface area contributed by atoms with E-state index >= 15 is 0 Å². The number of aliphatic hydroxyl groups is 1. The Morgan fingerprint density at radius 3 is 2.50 bits per heavy atom. The van der Waals surface area contributed by atoms with Gasteiger partial charge in [0.15, 0.2) is 5.82 Å². The van der Waals surface area contributed by atoms with Crippen molar-refractivity contribution in [2.75, 3.05) is 18.9 Å². The van der Waals surface area contributed by atoms with Crippen molar-refractivity contribution in [2.24, 2.45) is 0 Å². The van der Waals surface area contributed by atoms with Crippen LogP contribution in [0.25, 0.3) is 16.6 Å². The molecule has 2 aromatic heterocycles. The van der Waals surface area contributed by atoms with Gasteiger partial charge in [-0.25, -0.2) is 9.50 Å². The van der Waals surface area contributed by atoms with Crippen LogP contribution in [0.15, 0.2) is 60.9 Å². The molecule has 1 saturated carbocycles. The van der Waals surface area contributed by atoms with Gasteiger partial charge in [-0.1, -0.05) is 43.2 Å². The highest BCUT2D eigenvalue weighted by atomic mass is 16.5. The molecule has 2 heterocycles. The Bertz CT molecular complexity index is 1300. The Hall–Kier alpha value is -3.91. The second-order valence-corrected chi connectivity index (χ2v) is 8.44. The average Bonchev–Trinajstić information content (AvgIpc) is 3.50. The molecule has 1 aliphatic carbocycles. The summed E-state index contributed by atoms with van der Waals surface area (Å²) in [6, 6.07) is 17.1. The second kappa shape index (κ2) is 9.52. The first-order valence-corrected chi connectivity index (χ1v) is 11.5. The lowest BCUT2D eigenvalue weighted by molar-refractivity contribution is 0.0944. The molecule has 1 fully saturated rings. The Labute approximate surface area is 197 Å². The number of amides is 1. The molecular weight excluding hydrogens is 430 g/mol. The number of ether oxygens (including phenoxy) is 1. The molecule has 4 N–H and O–H groups in total. The summed E-state index contributed by atoms with van der Waals surface area (Å²) in [6.07, 6.45) is 5.62. The third kappa shape index (κ3) is 4.08. The Morgan fingerprint density at radius 1 is 1.09 bits per heavy atom. The standard InChI is InChI=1S/C26H27N5O3/c27-25-24-21(17-10-12-20(13-11-17)34-19-8-2-1-3-9-19)22(26(33)28-14-15-32)23(18-6-4-5-7-18)31(24)30-16-29-25/h1-3,8-13,16,18,32H,4-7,14-15H2,(H,28,33)(H2,27,29,30). The zero-order valence-electron chi connectivity index (χ0n) is 18.8. The third-order valence-corrected chi connectivity index (χ3v) is 6.28. The van der Waals surface area contributed by atoms with E-state index in [4.69, 9.17) is 10.5 Å². The number of carbonyl (C=O) groups is 1. The fourth-order valence-electron chi connectivity index (χ4n) is 4.80. The van der Waals surface area contributed by atoms with Gasteiger partial charge in [-0.2, -0.15) is 5.10 Å². The molecule has 5 rings (SSSR count). The minimum Gasteiger partial charge on any atom is -0.457 e. The number of carbonyl (C=O) groups excluding carboxylic acids is 1. The van der Waals surface area contributed by atoms with Crippen LogP contribution in [0.3, 0.4) is 0 Å². The van der Waals surface area contributed by atoms with Gasteiger partial charge in [-0.05, 0) is 42.7 Å². The number of nitrogens with two attached hydrogens (primary N) is 1. The molecule has 0 spiro atoms. The van der Waals surface area contributed by atoms with Crippen molar-refractivity contribution in [1.82, 2.24) is 19.9 Å². The number of rotatable bonds is 7. The first-order valence-electron chi connectivity index (χ1n) is 11.5. The minimum atomic E-state index is -0.250. The van der Waals surface area contributed by atoms with E-state index in [0.717, 1.165) is 42.7 Å². The van der Waals surface area contributed by atoms with Gasteiger partial charge in [0.2, 0.25) is 0 Å². The highest BCUT2D eigenvalue weighted by molar-refractivity contribution is 6.08. The Morgan fingerprint density at radius 2 is 1.79 bits per heavy atom. The van der Waals surface area contributed by atoms with Crippen LogP contribution in [0, 0.1) is 0 Å². The fourth-order valence-corrected chi connectivity index (χ4v) is 4.80. The summed E-state index contributed by atoms with van der Waals surface area (Å²) in [5.41, 5.74) is 9.88. The number of nitrogen functional groups attached to an aromatic ring is 1. The van der Waals surface area contributed by atoms with Gasteiger partial charge >= 0.3 is 0 Å². The lowest BCUT2D eigenvalue weighted by atomic mass is 9.94. The minimum absolute atomic E-state index is 0.138. The molecule has 0 saturated heterocycles. The summed E-state index contributed by atoms with van der Waals surface area (Å²) < 4.78 is 7.72. The number of hydrogen-bond donors (Lipinski definition) is 3. The van der Waals surface area contributed by atoms with Crippen molar-refractivity contribution in [1.29, 1.82) is 0 Å². The molecule has 4 aromatic rings. The largest absolute Gasteiger partial charge is 0.457 e. The first kappa shape index (κ1) is 21.9. The zero-order chi connectivity index (χ0) is 23.5. The smallest absolute Gasteiger partial charge is 0.253 e. The molecule has 2 aromatic carbocycles. The van der Waals surface area contributed by atoms with E-state index in [1.165, 1.54) is 6.33 Å². The summed E-state index contributed by atoms with van der Waals surface area (Å²) in [6.45, 7) is 0.0280. The molecule has 174 valence electrons. The van der Waals surface area contributed by atoms with Crippen molar-refractivity contribution in [3.8, 4) is 22.6 Å². The normalized spacial score (nSPS) is 13.9. The average molecular weight is 458 g/mol. The van der Waals surface area contributed by atoms with Crippen molar-refractivity contribution >= 4 is 17.2 Å². The lowest BCUT2D eigenvalue weighted by Crippen LogP contribution is -2.28. The summed E-state index contributed by atoms with van der Waals surface area (Å²) in [5, 5.41) is 16.6. The molecule has 0 unspecified atom stereocenters. The summed E-state index contributed by atoms with van der Waals surface area (Å²) in [5.74, 6) is 1.70. The van der Waals surface area contributed by atoms with Crippen molar-refractivity contribution in [3.63, 3.8) is 0 Å². The monoisotopic (exact) mass is 457 g/mol. The molecule has 8 heteroatoms. The van der Waals surface area contributed by atoms with Crippen LogP contribution >= 0.6 is 0 Å². The van der Waals surface area contributed by atoms with Gasteiger partial charge < -0.3 is 20.9 Å². The van der Waals surface area contributed by atoms with Crippen LogP contribution in [-0.2, 0) is 0 Å². The van der Waals surface area contributed by atoms with Crippen LogP contribution in [0.2, 0.25) is 0 Å². The Balaban J connectivity index is 1.65. The van der Waals surface area contributed by atoms with Crippen molar-refractivity contribution in [3.05, 3.63) is 72.2 Å². The lowest BCUT2D eigenvalue weighted by Gasteiger charge is -2.13. The predicted octanol–water partition coefficient (Wildman–Crippen LogP) is 4.15. The number of para-hydroxylation sites is 1. The van der Waals surface area contributed by atoms with Gasteiger partial charge in [-0.3, -0.25) is 4.79 Å². The van der Waals surface area contributed by atoms with Crippen LogP contribution in [-0.4, -0.2) is 38.8 Å². The van der Waals surface area contributed by atoms with E-state index in [2.05, 4.69) is 15.4 Å². The van der Waals surface area contributed by atoms with E-state index in [1.54, 1.807) is 4.52 Å². The molecule has 0 bridgehead atoms. The van der Waals surface area contributed by atoms with E-state index < -0.39 is 0 Å². The predicted molar refractivity (Wildman–Crippen MR) is 130 cm³/mol. The number of fused-ring (bicyclic) bond motifs is 1. The number of aliphatic hydroxyl groups excluding tert-OH is 1. The highest BCUT2D eigenvalue weighted by Crippen LogP contribution is 2.43. The zero-order valence-corrected chi connectivity index (χ0v) is 18.8. The van der Waals surface area contributed by atoms with Gasteiger partial charge in [0.1, 0.15) is 23.3 Å². The van der Waals surface area contributed by atoms with E-state index in [0.29, 0.717) is 28.2 Å². The van der Waals surface area contributed by atoms with E-state index in [9.17, 15) is 9.90 Å². The molecule has 0 radical (unpaired) electrons. The summed E-state index contributed by atoms with van der Waals surface area (Å²) >= 11 is 0. The molecular formula is C26H27N5O3. The molecule has 0 atom stereocenters. The number of hydrogen-bond acceptors (Lipinski definition) is 6. The third-order valence-electron chi connectivity index (χ3n) is 6.28. The molecule has 1 amide bonds. The van der Waals surface area contributed by atoms with Crippen molar-refractivity contribution < 1.29 is 14.6 Å². The highest BCUT2D eigenvalue weighted by Gasteiger charge is 2.32. The summed E-state index contributed by atoms with van der Waals surface area (Å²) in [4.78, 5) is 17.6. The van der Waals surface area contributed by atoms with E-state index in [-0.39, 0.29) is 25.0 Å².